The zero-order chi connectivity index (χ0) is 31.0. The Labute approximate surface area is 256 Å². The molecule has 0 aliphatic carbocycles. The summed E-state index contributed by atoms with van der Waals surface area (Å²) in [6.07, 6.45) is 0. The summed E-state index contributed by atoms with van der Waals surface area (Å²) in [5.74, 6) is -0.00213. The summed E-state index contributed by atoms with van der Waals surface area (Å²) in [5.41, 5.74) is 0.698. The van der Waals surface area contributed by atoms with Crippen molar-refractivity contribution in [1.29, 1.82) is 0 Å². The molecule has 43 heavy (non-hydrogen) atoms. The van der Waals surface area contributed by atoms with Gasteiger partial charge in [0.25, 0.3) is 15.9 Å². The quantitative estimate of drug-likeness (QED) is 0.172. The number of halogens is 1. The summed E-state index contributed by atoms with van der Waals surface area (Å²) in [5, 5.41) is 12.6. The lowest BCUT2D eigenvalue weighted by molar-refractivity contribution is 0.102. The Balaban J connectivity index is 1.97. The molecule has 0 atom stereocenters. The van der Waals surface area contributed by atoms with Crippen molar-refractivity contribution < 1.29 is 32.5 Å². The van der Waals surface area contributed by atoms with E-state index >= 15 is 0 Å². The average molecular weight is 625 g/mol. The van der Waals surface area contributed by atoms with Crippen LogP contribution >= 0.6 is 11.6 Å². The van der Waals surface area contributed by atoms with Crippen molar-refractivity contribution in [1.82, 2.24) is 0 Å². The first-order valence-electron chi connectivity index (χ1n) is 13.5. The van der Waals surface area contributed by atoms with Crippen molar-refractivity contribution in [2.75, 3.05) is 36.5 Å². The molecular formula is C32H33ClN2O7S. The number of rotatable bonds is 13. The molecule has 0 aromatic heterocycles. The Morgan fingerprint density at radius 2 is 1.63 bits per heavy atom. The van der Waals surface area contributed by atoms with Gasteiger partial charge in [-0.1, -0.05) is 61.8 Å². The highest BCUT2D eigenvalue weighted by atomic mass is 35.5. The summed E-state index contributed by atoms with van der Waals surface area (Å²) >= 11 is 6.48. The number of nitrogens with zero attached hydrogens (tertiary/aromatic N) is 1. The van der Waals surface area contributed by atoms with E-state index in [2.05, 4.69) is 5.32 Å². The average Bonchev–Trinajstić information content (AvgIpc) is 3.01. The summed E-state index contributed by atoms with van der Waals surface area (Å²) in [7, 11) is -2.68. The fourth-order valence-corrected chi connectivity index (χ4v) is 5.97. The highest BCUT2D eigenvalue weighted by molar-refractivity contribution is 7.92. The van der Waals surface area contributed by atoms with Gasteiger partial charge in [0.05, 0.1) is 29.3 Å². The maximum absolute atomic E-state index is 14.2. The van der Waals surface area contributed by atoms with Crippen molar-refractivity contribution in [3.63, 3.8) is 0 Å². The van der Waals surface area contributed by atoms with Crippen molar-refractivity contribution in [2.24, 2.45) is 5.92 Å². The van der Waals surface area contributed by atoms with Crippen molar-refractivity contribution in [3.8, 4) is 23.0 Å². The molecule has 226 valence electrons. The van der Waals surface area contributed by atoms with Crippen LogP contribution in [0.4, 0.5) is 11.4 Å². The number of hydrogen-bond acceptors (Lipinski definition) is 7. The van der Waals surface area contributed by atoms with Crippen LogP contribution in [0.3, 0.4) is 0 Å². The van der Waals surface area contributed by atoms with Crippen LogP contribution in [-0.2, 0) is 10.0 Å². The van der Waals surface area contributed by atoms with Crippen LogP contribution in [0.15, 0.2) is 95.9 Å². The zero-order valence-electron chi connectivity index (χ0n) is 24.0. The third-order valence-corrected chi connectivity index (χ3v) is 8.27. The Morgan fingerprint density at radius 1 is 0.953 bits per heavy atom. The van der Waals surface area contributed by atoms with Gasteiger partial charge in [-0.25, -0.2) is 8.42 Å². The fourth-order valence-electron chi connectivity index (χ4n) is 4.17. The van der Waals surface area contributed by atoms with Gasteiger partial charge in [0.1, 0.15) is 18.1 Å². The van der Waals surface area contributed by atoms with Crippen molar-refractivity contribution in [3.05, 3.63) is 102 Å². The number of amides is 1. The van der Waals surface area contributed by atoms with Gasteiger partial charge in [0.2, 0.25) is 0 Å². The minimum absolute atomic E-state index is 0.0139. The molecule has 4 rings (SSSR count). The molecule has 0 aliphatic heterocycles. The molecule has 0 fully saturated rings. The minimum atomic E-state index is -4.17. The van der Waals surface area contributed by atoms with Crippen LogP contribution in [0.5, 0.6) is 23.0 Å². The maximum Gasteiger partial charge on any atom is 0.264 e. The van der Waals surface area contributed by atoms with Crippen LogP contribution in [0.25, 0.3) is 0 Å². The molecule has 0 heterocycles. The van der Waals surface area contributed by atoms with Crippen molar-refractivity contribution >= 4 is 38.9 Å². The van der Waals surface area contributed by atoms with Gasteiger partial charge in [-0.3, -0.25) is 9.10 Å². The van der Waals surface area contributed by atoms with Gasteiger partial charge < -0.3 is 24.6 Å². The van der Waals surface area contributed by atoms with E-state index in [9.17, 15) is 18.3 Å². The Bertz CT molecular complexity index is 1650. The number of nitrogens with one attached hydrogen (secondary N) is 1. The molecule has 0 saturated carbocycles. The van der Waals surface area contributed by atoms with Gasteiger partial charge in [-0.2, -0.15) is 0 Å². The Hall–Kier alpha value is -4.25. The molecule has 0 spiro atoms. The summed E-state index contributed by atoms with van der Waals surface area (Å²) in [4.78, 5) is 13.6. The number of carbonyl (C=O) groups excluding carboxylic acids is 1. The van der Waals surface area contributed by atoms with E-state index in [4.69, 9.17) is 25.8 Å². The smallest absolute Gasteiger partial charge is 0.264 e. The van der Waals surface area contributed by atoms with Gasteiger partial charge >= 0.3 is 0 Å². The maximum atomic E-state index is 14.2. The number of ether oxygens (including phenoxy) is 3. The lowest BCUT2D eigenvalue weighted by atomic mass is 10.1. The van der Waals surface area contributed by atoms with E-state index in [1.54, 1.807) is 60.7 Å². The topological polar surface area (TPSA) is 114 Å². The van der Waals surface area contributed by atoms with Gasteiger partial charge in [0, 0.05) is 23.9 Å². The van der Waals surface area contributed by atoms with Crippen LogP contribution < -0.4 is 23.8 Å². The summed E-state index contributed by atoms with van der Waals surface area (Å²) in [6, 6.07) is 24.5. The second kappa shape index (κ2) is 14.3. The monoisotopic (exact) mass is 624 g/mol. The van der Waals surface area contributed by atoms with E-state index in [1.165, 1.54) is 35.7 Å². The van der Waals surface area contributed by atoms with Crippen molar-refractivity contribution in [2.45, 2.75) is 18.7 Å². The molecule has 0 unspecified atom stereocenters. The number of hydrogen-bond donors (Lipinski definition) is 2. The number of anilines is 2. The summed E-state index contributed by atoms with van der Waals surface area (Å²) < 4.78 is 47.0. The molecule has 4 aromatic rings. The number of sulfonamides is 1. The number of aliphatic hydroxyl groups excluding tert-OH is 1. The first kappa shape index (κ1) is 31.7. The molecule has 9 nitrogen and oxygen atoms in total. The van der Waals surface area contributed by atoms with Gasteiger partial charge in [0.15, 0.2) is 11.5 Å². The van der Waals surface area contributed by atoms with E-state index in [1.807, 2.05) is 19.9 Å². The normalized spacial score (nSPS) is 11.2. The fraction of sp³-hybridized carbons (Fsp3) is 0.219. The SMILES string of the molecule is COc1ccc(Cl)c(Oc2c(OCCO)cc(C(=O)Nc3ccccc3)cc2N(CC(C)C)S(=O)(=O)c2ccccc2)c1. The molecule has 0 radical (unpaired) electrons. The van der Waals surface area contributed by atoms with E-state index in [0.717, 1.165) is 0 Å². The van der Waals surface area contributed by atoms with Crippen LogP contribution in [0.2, 0.25) is 5.02 Å². The molecular weight excluding hydrogens is 592 g/mol. The number of methoxy groups -OCH3 is 1. The largest absolute Gasteiger partial charge is 0.497 e. The standard InChI is InChI=1S/C32H33ClN2O7S/c1-22(2)21-35(43(38,39)26-12-8-5-9-13-26)28-18-23(32(37)34-24-10-6-4-7-11-24)19-30(41-17-16-36)31(28)42-29-20-25(40-3)14-15-27(29)33/h4-15,18-20,22,36H,16-17,21H2,1-3H3,(H,34,37). The minimum Gasteiger partial charge on any atom is -0.497 e. The second-order valence-corrected chi connectivity index (χ2v) is 12.1. The number of carbonyl (C=O) groups is 1. The highest BCUT2D eigenvalue weighted by Gasteiger charge is 2.32. The Morgan fingerprint density at radius 3 is 2.26 bits per heavy atom. The van der Waals surface area contributed by atoms with Crippen LogP contribution in [0, 0.1) is 5.92 Å². The molecule has 1 amide bonds. The third kappa shape index (κ3) is 7.78. The molecule has 0 aliphatic rings. The predicted octanol–water partition coefficient (Wildman–Crippen LogP) is 6.62. The number of benzene rings is 4. The van der Waals surface area contributed by atoms with E-state index in [0.29, 0.717) is 11.4 Å². The summed E-state index contributed by atoms with van der Waals surface area (Å²) in [6.45, 7) is 3.31. The molecule has 2 N–H and O–H groups in total. The highest BCUT2D eigenvalue weighted by Crippen LogP contribution is 2.46. The van der Waals surface area contributed by atoms with Gasteiger partial charge in [-0.15, -0.1) is 0 Å². The van der Waals surface area contributed by atoms with Crippen LogP contribution in [-0.4, -0.2) is 46.3 Å². The first-order valence-corrected chi connectivity index (χ1v) is 15.3. The molecule has 4 aromatic carbocycles. The number of aliphatic hydroxyl groups is 1. The molecule has 0 bridgehead atoms. The first-order chi connectivity index (χ1) is 20.6. The van der Waals surface area contributed by atoms with Crippen LogP contribution in [0.1, 0.15) is 24.2 Å². The zero-order valence-corrected chi connectivity index (χ0v) is 25.6. The number of para-hydroxylation sites is 1. The molecule has 0 saturated heterocycles. The lowest BCUT2D eigenvalue weighted by Crippen LogP contribution is -2.35. The predicted molar refractivity (Wildman–Crippen MR) is 167 cm³/mol. The molecule has 11 heteroatoms. The van der Waals surface area contributed by atoms with Gasteiger partial charge in [-0.05, 0) is 54.4 Å². The third-order valence-electron chi connectivity index (χ3n) is 6.16. The van der Waals surface area contributed by atoms with E-state index in [-0.39, 0.29) is 64.1 Å². The Kier molecular flexibility index (Phi) is 10.5. The second-order valence-electron chi connectivity index (χ2n) is 9.86. The lowest BCUT2D eigenvalue weighted by Gasteiger charge is -2.29. The van der Waals surface area contributed by atoms with E-state index < -0.39 is 15.9 Å².